The predicted molar refractivity (Wildman–Crippen MR) is 59.9 cm³/mol. The largest absolute Gasteiger partial charge is 0.413 e. The van der Waals surface area contributed by atoms with Gasteiger partial charge in [0.25, 0.3) is 0 Å². The topological polar surface area (TPSA) is 31.0 Å². The second-order valence-electron chi connectivity index (χ2n) is 4.78. The van der Waals surface area contributed by atoms with Crippen molar-refractivity contribution in [2.75, 3.05) is 19.8 Å². The summed E-state index contributed by atoms with van der Waals surface area (Å²) in [6, 6.07) is 0. The molecule has 0 amide bonds. The van der Waals surface area contributed by atoms with Crippen molar-refractivity contribution in [2.45, 2.75) is 45.3 Å². The lowest BCUT2D eigenvalue weighted by Gasteiger charge is -2.30. The zero-order chi connectivity index (χ0) is 11.3. The summed E-state index contributed by atoms with van der Waals surface area (Å²) in [6.07, 6.45) is 2.57. The molecule has 2 unspecified atom stereocenters. The van der Waals surface area contributed by atoms with Gasteiger partial charge in [-0.05, 0) is 32.6 Å². The Kier molecular flexibility index (Phi) is 5.25. The summed E-state index contributed by atoms with van der Waals surface area (Å²) < 4.78 is 15.8. The van der Waals surface area contributed by atoms with Gasteiger partial charge in [-0.1, -0.05) is 6.92 Å². The number of hydrogen-bond donors (Lipinski definition) is 0. The van der Waals surface area contributed by atoms with E-state index < -0.39 is 0 Å². The fraction of sp³-hybridized carbons (Fsp3) is 1.00. The molecule has 0 spiro atoms. The highest BCUT2D eigenvalue weighted by atomic mass is 28.2. The molecular formula is C11H21O3Si. The van der Waals surface area contributed by atoms with Crippen LogP contribution in [0, 0.1) is 5.92 Å². The Bertz CT molecular complexity index is 181. The van der Waals surface area contributed by atoms with Crippen LogP contribution < -0.4 is 0 Å². The number of rotatable bonds is 8. The van der Waals surface area contributed by atoms with Crippen LogP contribution in [0.15, 0.2) is 0 Å². The molecular weight excluding hydrogens is 208 g/mol. The highest BCUT2D eigenvalue weighted by molar-refractivity contribution is 5.98. The van der Waals surface area contributed by atoms with Gasteiger partial charge in [0.05, 0.1) is 18.8 Å². The van der Waals surface area contributed by atoms with Crippen LogP contribution in [-0.4, -0.2) is 42.0 Å². The van der Waals surface area contributed by atoms with Gasteiger partial charge >= 0.3 is 0 Å². The third-order valence-corrected chi connectivity index (χ3v) is 3.61. The van der Waals surface area contributed by atoms with Gasteiger partial charge in [0, 0.05) is 6.61 Å². The average molecular weight is 229 g/mol. The van der Waals surface area contributed by atoms with Gasteiger partial charge in [0.2, 0.25) is 10.5 Å². The van der Waals surface area contributed by atoms with E-state index in [-0.39, 0.29) is 5.60 Å². The van der Waals surface area contributed by atoms with Gasteiger partial charge in [0.1, 0.15) is 6.10 Å². The quantitative estimate of drug-likeness (QED) is 0.360. The molecule has 0 aromatic rings. The molecule has 1 heterocycles. The first-order valence-corrected chi connectivity index (χ1v) is 6.01. The van der Waals surface area contributed by atoms with Gasteiger partial charge in [0.15, 0.2) is 0 Å². The first-order valence-electron chi connectivity index (χ1n) is 5.60. The molecule has 87 valence electrons. The molecule has 1 aliphatic rings. The van der Waals surface area contributed by atoms with E-state index in [1.807, 2.05) is 0 Å². The van der Waals surface area contributed by atoms with Gasteiger partial charge in [-0.3, -0.25) is 0 Å². The summed E-state index contributed by atoms with van der Waals surface area (Å²) in [5.41, 5.74) is -0.115. The minimum absolute atomic E-state index is 0.115. The summed E-state index contributed by atoms with van der Waals surface area (Å²) >= 11 is 0. The van der Waals surface area contributed by atoms with Crippen LogP contribution >= 0.6 is 0 Å². The van der Waals surface area contributed by atoms with Gasteiger partial charge in [-0.25, -0.2) is 0 Å². The molecule has 1 fully saturated rings. The van der Waals surface area contributed by atoms with E-state index in [0.29, 0.717) is 12.0 Å². The van der Waals surface area contributed by atoms with Crippen LogP contribution in [0.25, 0.3) is 0 Å². The zero-order valence-corrected chi connectivity index (χ0v) is 10.9. The molecule has 0 N–H and O–H groups in total. The first-order chi connectivity index (χ1) is 7.06. The van der Waals surface area contributed by atoms with Crippen molar-refractivity contribution in [3.8, 4) is 0 Å². The zero-order valence-electron chi connectivity index (χ0n) is 9.91. The molecule has 0 aromatic heterocycles. The third kappa shape index (κ3) is 5.11. The molecule has 0 aromatic carbocycles. The minimum Gasteiger partial charge on any atom is -0.413 e. The van der Waals surface area contributed by atoms with E-state index in [2.05, 4.69) is 31.3 Å². The maximum atomic E-state index is 5.48. The summed E-state index contributed by atoms with van der Waals surface area (Å²) in [7, 11) is 3.12. The third-order valence-electron chi connectivity index (χ3n) is 3.08. The lowest BCUT2D eigenvalue weighted by Crippen LogP contribution is -2.32. The molecule has 1 aliphatic heterocycles. The fourth-order valence-electron chi connectivity index (χ4n) is 1.32. The van der Waals surface area contributed by atoms with Crippen LogP contribution in [0.3, 0.4) is 0 Å². The molecule has 15 heavy (non-hydrogen) atoms. The second kappa shape index (κ2) is 5.99. The second-order valence-corrected chi connectivity index (χ2v) is 4.98. The van der Waals surface area contributed by atoms with E-state index >= 15 is 0 Å². The van der Waals surface area contributed by atoms with E-state index in [1.165, 1.54) is 0 Å². The van der Waals surface area contributed by atoms with Gasteiger partial charge in [-0.15, -0.1) is 0 Å². The SMILES string of the molecule is CC(CCCOCC1CO1)C(C)(C)O[Si]. The standard InChI is InChI=1S/C11H21O3Si/c1-9(11(2,3)14-15)5-4-6-12-7-10-8-13-10/h9-10H,4-8H2,1-3H3. The number of hydrogen-bond acceptors (Lipinski definition) is 3. The molecule has 0 aliphatic carbocycles. The molecule has 3 radical (unpaired) electrons. The molecule has 2 atom stereocenters. The van der Waals surface area contributed by atoms with Crippen LogP contribution in [0.2, 0.25) is 0 Å². The molecule has 4 heteroatoms. The van der Waals surface area contributed by atoms with E-state index in [9.17, 15) is 0 Å². The van der Waals surface area contributed by atoms with Crippen molar-refractivity contribution < 1.29 is 13.9 Å². The summed E-state index contributed by atoms with van der Waals surface area (Å²) in [5, 5.41) is 0. The Balaban J connectivity index is 1.97. The van der Waals surface area contributed by atoms with Crippen molar-refractivity contribution in [3.05, 3.63) is 0 Å². The van der Waals surface area contributed by atoms with Crippen LogP contribution in [0.5, 0.6) is 0 Å². The van der Waals surface area contributed by atoms with Crippen molar-refractivity contribution in [2.24, 2.45) is 5.92 Å². The van der Waals surface area contributed by atoms with Gasteiger partial charge < -0.3 is 13.9 Å². The Hall–Kier alpha value is 0.0969. The lowest BCUT2D eigenvalue weighted by atomic mass is 9.89. The van der Waals surface area contributed by atoms with Crippen LogP contribution in [0.4, 0.5) is 0 Å². The van der Waals surface area contributed by atoms with Gasteiger partial charge in [-0.2, -0.15) is 0 Å². The maximum absolute atomic E-state index is 5.48. The average Bonchev–Trinajstić information content (AvgIpc) is 3.00. The monoisotopic (exact) mass is 229 g/mol. The number of ether oxygens (including phenoxy) is 2. The Labute approximate surface area is 96.0 Å². The minimum atomic E-state index is -0.115. The van der Waals surface area contributed by atoms with Crippen molar-refractivity contribution in [1.82, 2.24) is 0 Å². The number of epoxide rings is 1. The summed E-state index contributed by atoms with van der Waals surface area (Å²) in [4.78, 5) is 0. The highest BCUT2D eigenvalue weighted by Crippen LogP contribution is 2.24. The predicted octanol–water partition coefficient (Wildman–Crippen LogP) is 1.70. The Morgan fingerprint density at radius 3 is 2.73 bits per heavy atom. The van der Waals surface area contributed by atoms with Crippen molar-refractivity contribution in [3.63, 3.8) is 0 Å². The Morgan fingerprint density at radius 1 is 1.53 bits per heavy atom. The summed E-state index contributed by atoms with van der Waals surface area (Å²) in [5.74, 6) is 0.510. The molecule has 0 saturated carbocycles. The molecule has 1 rings (SSSR count). The van der Waals surface area contributed by atoms with Crippen LogP contribution in [-0.2, 0) is 13.9 Å². The molecule has 0 bridgehead atoms. The van der Waals surface area contributed by atoms with E-state index in [0.717, 1.165) is 32.7 Å². The Morgan fingerprint density at radius 2 is 2.20 bits per heavy atom. The molecule has 3 nitrogen and oxygen atoms in total. The highest BCUT2D eigenvalue weighted by Gasteiger charge is 2.24. The maximum Gasteiger partial charge on any atom is 0.246 e. The molecule has 1 saturated heterocycles. The van der Waals surface area contributed by atoms with Crippen molar-refractivity contribution >= 4 is 10.5 Å². The van der Waals surface area contributed by atoms with E-state index in [1.54, 1.807) is 0 Å². The summed E-state index contributed by atoms with van der Waals surface area (Å²) in [6.45, 7) is 8.83. The fourth-order valence-corrected chi connectivity index (χ4v) is 1.52. The van der Waals surface area contributed by atoms with E-state index in [4.69, 9.17) is 13.9 Å². The normalized spacial score (nSPS) is 22.8. The van der Waals surface area contributed by atoms with Crippen LogP contribution in [0.1, 0.15) is 33.6 Å². The first kappa shape index (κ1) is 13.2. The smallest absolute Gasteiger partial charge is 0.246 e. The van der Waals surface area contributed by atoms with Crippen molar-refractivity contribution in [1.29, 1.82) is 0 Å². The lowest BCUT2D eigenvalue weighted by molar-refractivity contribution is 0.0478.